The molecule has 0 radical (unpaired) electrons. The minimum absolute atomic E-state index is 0.0420. The third-order valence-corrected chi connectivity index (χ3v) is 5.78. The van der Waals surface area contributed by atoms with Crippen LogP contribution in [0.15, 0.2) is 29.2 Å². The Morgan fingerprint density at radius 2 is 1.81 bits per heavy atom. The van der Waals surface area contributed by atoms with E-state index >= 15 is 0 Å². The number of nitrogens with one attached hydrogen (secondary N) is 2. The van der Waals surface area contributed by atoms with Crippen LogP contribution in [0.1, 0.15) is 32.6 Å². The first-order valence-corrected chi connectivity index (χ1v) is 9.06. The van der Waals surface area contributed by atoms with E-state index in [2.05, 4.69) is 10.0 Å². The van der Waals surface area contributed by atoms with Crippen molar-refractivity contribution in [3.63, 3.8) is 0 Å². The predicted octanol–water partition coefficient (Wildman–Crippen LogP) is 1.65. The summed E-state index contributed by atoms with van der Waals surface area (Å²) in [4.78, 5) is 0.303. The Morgan fingerprint density at radius 3 is 2.38 bits per heavy atom. The molecule has 2 atom stereocenters. The fourth-order valence-electron chi connectivity index (χ4n) is 3.32. The Balaban J connectivity index is 1.68. The number of sulfonamides is 1. The topological polar surface area (TPSA) is 67.4 Å². The van der Waals surface area contributed by atoms with Crippen molar-refractivity contribution >= 4 is 10.0 Å². The van der Waals surface area contributed by atoms with E-state index in [-0.39, 0.29) is 6.04 Å². The average Bonchev–Trinajstić information content (AvgIpc) is 2.78. The molecule has 116 valence electrons. The molecule has 6 heteroatoms. The van der Waals surface area contributed by atoms with Gasteiger partial charge in [0.2, 0.25) is 10.0 Å². The summed E-state index contributed by atoms with van der Waals surface area (Å²) < 4.78 is 33.1. The normalized spacial score (nSPS) is 28.5. The molecule has 2 aliphatic rings. The quantitative estimate of drug-likeness (QED) is 0.868. The number of hydrogen-bond acceptors (Lipinski definition) is 4. The third kappa shape index (κ3) is 3.39. The standard InChI is InChI=1S/C15H22N2O3S/c1-2-20-14-5-7-15(8-6-14)21(18,19)17-13-9-11-3-4-12(10-13)16-11/h5-8,11-13,16-17H,2-4,9-10H2,1H3. The summed E-state index contributed by atoms with van der Waals surface area (Å²) in [7, 11) is -3.44. The molecule has 2 fully saturated rings. The van der Waals surface area contributed by atoms with Crippen molar-refractivity contribution < 1.29 is 13.2 Å². The van der Waals surface area contributed by atoms with Gasteiger partial charge in [-0.25, -0.2) is 13.1 Å². The van der Waals surface area contributed by atoms with Crippen molar-refractivity contribution in [3.05, 3.63) is 24.3 Å². The maximum absolute atomic E-state index is 12.4. The SMILES string of the molecule is CCOc1ccc(S(=O)(=O)NC2CC3CCC(C2)N3)cc1. The maximum Gasteiger partial charge on any atom is 0.240 e. The zero-order chi connectivity index (χ0) is 14.9. The molecule has 1 aromatic rings. The smallest absolute Gasteiger partial charge is 0.240 e. The van der Waals surface area contributed by atoms with Gasteiger partial charge in [-0.15, -0.1) is 0 Å². The maximum atomic E-state index is 12.4. The van der Waals surface area contributed by atoms with E-state index in [1.54, 1.807) is 24.3 Å². The van der Waals surface area contributed by atoms with Gasteiger partial charge in [0.15, 0.2) is 0 Å². The first-order chi connectivity index (χ1) is 10.1. The Hall–Kier alpha value is -1.11. The summed E-state index contributed by atoms with van der Waals surface area (Å²) in [6, 6.07) is 7.58. The van der Waals surface area contributed by atoms with Crippen molar-refractivity contribution in [2.45, 2.75) is 55.6 Å². The minimum Gasteiger partial charge on any atom is -0.494 e. The summed E-state index contributed by atoms with van der Waals surface area (Å²) >= 11 is 0. The van der Waals surface area contributed by atoms with Crippen molar-refractivity contribution in [1.29, 1.82) is 0 Å². The van der Waals surface area contributed by atoms with Crippen LogP contribution in [0.3, 0.4) is 0 Å². The van der Waals surface area contributed by atoms with Crippen molar-refractivity contribution in [2.75, 3.05) is 6.61 Å². The molecule has 2 unspecified atom stereocenters. The Morgan fingerprint density at radius 1 is 1.19 bits per heavy atom. The number of rotatable bonds is 5. The van der Waals surface area contributed by atoms with Crippen LogP contribution in [-0.4, -0.2) is 33.2 Å². The van der Waals surface area contributed by atoms with Crippen molar-refractivity contribution in [2.24, 2.45) is 0 Å². The van der Waals surface area contributed by atoms with Gasteiger partial charge < -0.3 is 10.1 Å². The lowest BCUT2D eigenvalue weighted by Gasteiger charge is -2.29. The number of hydrogen-bond donors (Lipinski definition) is 2. The van der Waals surface area contributed by atoms with Crippen LogP contribution < -0.4 is 14.8 Å². The molecule has 5 nitrogen and oxygen atoms in total. The van der Waals surface area contributed by atoms with Gasteiger partial charge in [0.1, 0.15) is 5.75 Å². The molecule has 2 saturated heterocycles. The Kier molecular flexibility index (Phi) is 4.19. The molecule has 2 aliphatic heterocycles. The second kappa shape index (κ2) is 5.94. The fraction of sp³-hybridized carbons (Fsp3) is 0.600. The lowest BCUT2D eigenvalue weighted by molar-refractivity contribution is 0.340. The summed E-state index contributed by atoms with van der Waals surface area (Å²) in [6.07, 6.45) is 4.08. The van der Waals surface area contributed by atoms with E-state index in [4.69, 9.17) is 4.74 Å². The molecule has 2 bridgehead atoms. The molecule has 1 aromatic carbocycles. The molecule has 0 saturated carbocycles. The molecule has 0 amide bonds. The van der Waals surface area contributed by atoms with E-state index < -0.39 is 10.0 Å². The first kappa shape index (κ1) is 14.8. The fourth-order valence-corrected chi connectivity index (χ4v) is 4.58. The Labute approximate surface area is 126 Å². The summed E-state index contributed by atoms with van der Waals surface area (Å²) in [5.74, 6) is 0.691. The predicted molar refractivity (Wildman–Crippen MR) is 80.9 cm³/mol. The molecule has 0 aromatic heterocycles. The highest BCUT2D eigenvalue weighted by Gasteiger charge is 2.35. The van der Waals surface area contributed by atoms with E-state index in [1.165, 1.54) is 0 Å². The van der Waals surface area contributed by atoms with E-state index in [0.717, 1.165) is 25.7 Å². The summed E-state index contributed by atoms with van der Waals surface area (Å²) in [6.45, 7) is 2.47. The lowest BCUT2D eigenvalue weighted by Crippen LogP contribution is -2.47. The molecule has 0 aliphatic carbocycles. The van der Waals surface area contributed by atoms with E-state index in [9.17, 15) is 8.42 Å². The first-order valence-electron chi connectivity index (χ1n) is 7.58. The molecule has 21 heavy (non-hydrogen) atoms. The minimum atomic E-state index is -3.44. The Bertz CT molecular complexity index is 573. The van der Waals surface area contributed by atoms with Gasteiger partial charge in [0, 0.05) is 18.1 Å². The van der Waals surface area contributed by atoms with Crippen LogP contribution in [0.2, 0.25) is 0 Å². The number of benzene rings is 1. The monoisotopic (exact) mass is 310 g/mol. The van der Waals surface area contributed by atoms with Gasteiger partial charge in [-0.3, -0.25) is 0 Å². The van der Waals surface area contributed by atoms with Gasteiger partial charge in [0.05, 0.1) is 11.5 Å². The lowest BCUT2D eigenvalue weighted by atomic mass is 10.0. The number of ether oxygens (including phenoxy) is 1. The highest BCUT2D eigenvalue weighted by Crippen LogP contribution is 2.28. The zero-order valence-electron chi connectivity index (χ0n) is 12.2. The van der Waals surface area contributed by atoms with Crippen LogP contribution in [0, 0.1) is 0 Å². The van der Waals surface area contributed by atoms with Crippen LogP contribution in [0.25, 0.3) is 0 Å². The molecule has 2 heterocycles. The molecular weight excluding hydrogens is 288 g/mol. The summed E-state index contributed by atoms with van der Waals surface area (Å²) in [5, 5.41) is 3.52. The van der Waals surface area contributed by atoms with Gasteiger partial charge in [-0.1, -0.05) is 0 Å². The average molecular weight is 310 g/mol. The third-order valence-electron chi connectivity index (χ3n) is 4.24. The van der Waals surface area contributed by atoms with Crippen molar-refractivity contribution in [3.8, 4) is 5.75 Å². The van der Waals surface area contributed by atoms with Crippen LogP contribution in [0.4, 0.5) is 0 Å². The van der Waals surface area contributed by atoms with Crippen molar-refractivity contribution in [1.82, 2.24) is 10.0 Å². The van der Waals surface area contributed by atoms with Gasteiger partial charge >= 0.3 is 0 Å². The number of fused-ring (bicyclic) bond motifs is 2. The highest BCUT2D eigenvalue weighted by atomic mass is 32.2. The number of piperidine rings is 1. The molecular formula is C15H22N2O3S. The second-order valence-corrected chi connectivity index (χ2v) is 7.55. The second-order valence-electron chi connectivity index (χ2n) is 5.83. The zero-order valence-corrected chi connectivity index (χ0v) is 13.0. The highest BCUT2D eigenvalue weighted by molar-refractivity contribution is 7.89. The van der Waals surface area contributed by atoms with E-state index in [1.807, 2.05) is 6.92 Å². The van der Waals surface area contributed by atoms with Gasteiger partial charge in [-0.05, 0) is 56.9 Å². The molecule has 2 N–H and O–H groups in total. The summed E-state index contributed by atoms with van der Waals surface area (Å²) in [5.41, 5.74) is 0. The van der Waals surface area contributed by atoms with E-state index in [0.29, 0.717) is 29.3 Å². The van der Waals surface area contributed by atoms with Crippen LogP contribution >= 0.6 is 0 Å². The van der Waals surface area contributed by atoms with Crippen LogP contribution in [-0.2, 0) is 10.0 Å². The van der Waals surface area contributed by atoms with Crippen LogP contribution in [0.5, 0.6) is 5.75 Å². The van der Waals surface area contributed by atoms with Gasteiger partial charge in [-0.2, -0.15) is 0 Å². The molecule has 0 spiro atoms. The molecule has 3 rings (SSSR count). The van der Waals surface area contributed by atoms with Gasteiger partial charge in [0.25, 0.3) is 0 Å². The largest absolute Gasteiger partial charge is 0.494 e.